The van der Waals surface area contributed by atoms with Gasteiger partial charge >= 0.3 is 6.03 Å². The topological polar surface area (TPSA) is 61.4 Å². The largest absolute Gasteiger partial charge is 0.395 e. The molecule has 0 saturated carbocycles. The van der Waals surface area contributed by atoms with Crippen LogP contribution in [0.1, 0.15) is 4.88 Å². The van der Waals surface area contributed by atoms with E-state index in [2.05, 4.69) is 26.6 Å². The van der Waals surface area contributed by atoms with Crippen LogP contribution < -0.4 is 10.6 Å². The highest BCUT2D eigenvalue weighted by atomic mass is 79.9. The number of amides is 2. The van der Waals surface area contributed by atoms with Crippen LogP contribution in [-0.4, -0.2) is 24.3 Å². The molecular formula is C8H11BrN2O2S. The smallest absolute Gasteiger partial charge is 0.315 e. The molecule has 0 bridgehead atoms. The Hall–Kier alpha value is -0.590. The summed E-state index contributed by atoms with van der Waals surface area (Å²) in [6.07, 6.45) is 0. The van der Waals surface area contributed by atoms with Crippen molar-refractivity contribution in [2.75, 3.05) is 13.2 Å². The maximum atomic E-state index is 11.0. The molecule has 4 nitrogen and oxygen atoms in total. The number of urea groups is 1. The zero-order chi connectivity index (χ0) is 10.4. The summed E-state index contributed by atoms with van der Waals surface area (Å²) in [5, 5.41) is 13.6. The van der Waals surface area contributed by atoms with Gasteiger partial charge in [-0.3, -0.25) is 0 Å². The molecule has 0 radical (unpaired) electrons. The number of carbonyl (C=O) groups is 1. The highest BCUT2D eigenvalue weighted by Crippen LogP contribution is 2.21. The lowest BCUT2D eigenvalue weighted by Crippen LogP contribution is -2.36. The minimum absolute atomic E-state index is 0.0437. The van der Waals surface area contributed by atoms with E-state index < -0.39 is 0 Å². The molecule has 0 aliphatic rings. The first kappa shape index (κ1) is 11.5. The fourth-order valence-corrected chi connectivity index (χ4v) is 2.27. The third kappa shape index (κ3) is 4.08. The van der Waals surface area contributed by atoms with E-state index in [1.54, 1.807) is 11.3 Å². The molecule has 0 aliphatic heterocycles. The van der Waals surface area contributed by atoms with E-state index in [4.69, 9.17) is 5.11 Å². The van der Waals surface area contributed by atoms with Crippen molar-refractivity contribution < 1.29 is 9.90 Å². The summed E-state index contributed by atoms with van der Waals surface area (Å²) >= 11 is 4.92. The van der Waals surface area contributed by atoms with Crippen LogP contribution in [0.2, 0.25) is 0 Å². The van der Waals surface area contributed by atoms with Crippen LogP contribution in [0.5, 0.6) is 0 Å². The van der Waals surface area contributed by atoms with E-state index in [0.717, 1.165) is 8.66 Å². The van der Waals surface area contributed by atoms with Crippen molar-refractivity contribution in [3.63, 3.8) is 0 Å². The van der Waals surface area contributed by atoms with E-state index in [0.29, 0.717) is 6.54 Å². The van der Waals surface area contributed by atoms with Crippen molar-refractivity contribution in [2.45, 2.75) is 6.54 Å². The first-order valence-corrected chi connectivity index (χ1v) is 5.70. The monoisotopic (exact) mass is 278 g/mol. The zero-order valence-corrected chi connectivity index (χ0v) is 9.82. The molecule has 0 fully saturated rings. The van der Waals surface area contributed by atoms with Crippen molar-refractivity contribution in [3.8, 4) is 0 Å². The summed E-state index contributed by atoms with van der Waals surface area (Å²) in [6.45, 7) is 0.742. The van der Waals surface area contributed by atoms with E-state index in [1.165, 1.54) is 0 Å². The van der Waals surface area contributed by atoms with E-state index in [1.807, 2.05) is 12.1 Å². The lowest BCUT2D eigenvalue weighted by molar-refractivity contribution is 0.234. The third-order valence-corrected chi connectivity index (χ3v) is 3.07. The van der Waals surface area contributed by atoms with Gasteiger partial charge in [-0.15, -0.1) is 11.3 Å². The Morgan fingerprint density at radius 3 is 2.86 bits per heavy atom. The Morgan fingerprint density at radius 2 is 2.29 bits per heavy atom. The van der Waals surface area contributed by atoms with Gasteiger partial charge in [-0.05, 0) is 28.1 Å². The van der Waals surface area contributed by atoms with Gasteiger partial charge in [0.1, 0.15) is 0 Å². The van der Waals surface area contributed by atoms with Crippen LogP contribution in [0.15, 0.2) is 15.9 Å². The van der Waals surface area contributed by atoms with Crippen molar-refractivity contribution in [1.82, 2.24) is 10.6 Å². The summed E-state index contributed by atoms with van der Waals surface area (Å²) in [5.74, 6) is 0. The second kappa shape index (κ2) is 6.00. The predicted octanol–water partition coefficient (Wildman–Crippen LogP) is 1.30. The standard InChI is InChI=1S/C8H11BrN2O2S/c9-7-2-1-6(14-7)5-11-8(13)10-3-4-12/h1-2,12H,3-5H2,(H2,10,11,13). The maximum absolute atomic E-state index is 11.0. The number of aliphatic hydroxyl groups is 1. The summed E-state index contributed by atoms with van der Waals surface area (Å²) < 4.78 is 1.05. The average molecular weight is 279 g/mol. The number of carbonyl (C=O) groups excluding carboxylic acids is 1. The number of hydrogen-bond donors (Lipinski definition) is 3. The fourth-order valence-electron chi connectivity index (χ4n) is 0.846. The third-order valence-electron chi connectivity index (χ3n) is 1.45. The molecule has 1 aromatic heterocycles. The lowest BCUT2D eigenvalue weighted by atomic mass is 10.5. The number of halogens is 1. The van der Waals surface area contributed by atoms with Gasteiger partial charge in [0.2, 0.25) is 0 Å². The van der Waals surface area contributed by atoms with Gasteiger partial charge in [0, 0.05) is 11.4 Å². The predicted molar refractivity (Wildman–Crippen MR) is 59.3 cm³/mol. The van der Waals surface area contributed by atoms with Crippen LogP contribution >= 0.6 is 27.3 Å². The van der Waals surface area contributed by atoms with Crippen LogP contribution in [0.4, 0.5) is 4.79 Å². The molecule has 1 rings (SSSR count). The summed E-state index contributed by atoms with van der Waals surface area (Å²) in [5.41, 5.74) is 0. The normalized spacial score (nSPS) is 9.86. The highest BCUT2D eigenvalue weighted by molar-refractivity contribution is 9.11. The Bertz CT molecular complexity index is 303. The number of thiophene rings is 1. The Morgan fingerprint density at radius 1 is 1.50 bits per heavy atom. The number of hydrogen-bond acceptors (Lipinski definition) is 3. The van der Waals surface area contributed by atoms with Gasteiger partial charge in [0.05, 0.1) is 16.9 Å². The molecule has 1 heterocycles. The van der Waals surface area contributed by atoms with E-state index in [9.17, 15) is 4.79 Å². The number of aliphatic hydroxyl groups excluding tert-OH is 1. The average Bonchev–Trinajstić information content (AvgIpc) is 2.58. The van der Waals surface area contributed by atoms with Crippen molar-refractivity contribution in [2.24, 2.45) is 0 Å². The Balaban J connectivity index is 2.23. The van der Waals surface area contributed by atoms with Gasteiger partial charge in [0.15, 0.2) is 0 Å². The molecule has 6 heteroatoms. The van der Waals surface area contributed by atoms with Crippen molar-refractivity contribution in [3.05, 3.63) is 20.8 Å². The zero-order valence-electron chi connectivity index (χ0n) is 7.42. The second-order valence-electron chi connectivity index (χ2n) is 2.54. The maximum Gasteiger partial charge on any atom is 0.315 e. The van der Waals surface area contributed by atoms with Crippen LogP contribution in [0, 0.1) is 0 Å². The molecule has 0 saturated heterocycles. The molecular weight excluding hydrogens is 268 g/mol. The molecule has 0 aliphatic carbocycles. The molecule has 0 atom stereocenters. The Kier molecular flexibility index (Phi) is 4.92. The minimum atomic E-state index is -0.261. The fraction of sp³-hybridized carbons (Fsp3) is 0.375. The molecule has 0 unspecified atom stereocenters. The summed E-state index contributed by atoms with van der Waals surface area (Å²) in [7, 11) is 0. The van der Waals surface area contributed by atoms with Gasteiger partial charge < -0.3 is 15.7 Å². The van der Waals surface area contributed by atoms with Crippen LogP contribution in [0.3, 0.4) is 0 Å². The quantitative estimate of drug-likeness (QED) is 0.778. The molecule has 78 valence electrons. The molecule has 3 N–H and O–H groups in total. The van der Waals surface area contributed by atoms with Gasteiger partial charge in [-0.2, -0.15) is 0 Å². The first-order valence-electron chi connectivity index (χ1n) is 4.09. The minimum Gasteiger partial charge on any atom is -0.395 e. The molecule has 0 aromatic carbocycles. The first-order chi connectivity index (χ1) is 6.72. The van der Waals surface area contributed by atoms with E-state index >= 15 is 0 Å². The number of rotatable bonds is 4. The van der Waals surface area contributed by atoms with Crippen molar-refractivity contribution >= 4 is 33.3 Å². The molecule has 1 aromatic rings. The summed E-state index contributed by atoms with van der Waals surface area (Å²) in [4.78, 5) is 12.1. The van der Waals surface area contributed by atoms with E-state index in [-0.39, 0.29) is 19.2 Å². The molecule has 2 amide bonds. The number of nitrogens with one attached hydrogen (secondary N) is 2. The second-order valence-corrected chi connectivity index (χ2v) is 5.09. The SMILES string of the molecule is O=C(NCCO)NCc1ccc(Br)s1. The van der Waals surface area contributed by atoms with Crippen molar-refractivity contribution in [1.29, 1.82) is 0 Å². The lowest BCUT2D eigenvalue weighted by Gasteiger charge is -2.04. The molecule has 0 spiro atoms. The highest BCUT2D eigenvalue weighted by Gasteiger charge is 2.00. The summed E-state index contributed by atoms with van der Waals surface area (Å²) in [6, 6.07) is 3.62. The van der Waals surface area contributed by atoms with Gasteiger partial charge in [0.25, 0.3) is 0 Å². The van der Waals surface area contributed by atoms with Gasteiger partial charge in [-0.1, -0.05) is 0 Å². The Labute approximate surface area is 94.5 Å². The molecule has 14 heavy (non-hydrogen) atoms. The van der Waals surface area contributed by atoms with Crippen LogP contribution in [0.25, 0.3) is 0 Å². The van der Waals surface area contributed by atoms with Gasteiger partial charge in [-0.25, -0.2) is 4.79 Å². The van der Waals surface area contributed by atoms with Crippen LogP contribution in [-0.2, 0) is 6.54 Å².